The standard InChI is InChI=1S/C12H8ClFN2O3S/c1-5-2-8(12(18)19)11(20-5)16-10(17)7-3-6(14)4-15-9(7)13/h2-4H,1H3,(H,16,17)(H,18,19). The van der Waals surface area contributed by atoms with Gasteiger partial charge in [0.1, 0.15) is 16.0 Å². The van der Waals surface area contributed by atoms with Gasteiger partial charge in [-0.2, -0.15) is 0 Å². The summed E-state index contributed by atoms with van der Waals surface area (Å²) >= 11 is 6.82. The summed E-state index contributed by atoms with van der Waals surface area (Å²) in [5.41, 5.74) is -0.185. The van der Waals surface area contributed by atoms with E-state index in [2.05, 4.69) is 10.3 Å². The number of pyridine rings is 1. The number of aromatic nitrogens is 1. The molecule has 0 fully saturated rings. The van der Waals surface area contributed by atoms with E-state index in [-0.39, 0.29) is 21.3 Å². The van der Waals surface area contributed by atoms with Gasteiger partial charge >= 0.3 is 5.97 Å². The number of carboxylic acids is 1. The molecule has 0 atom stereocenters. The number of amides is 1. The Morgan fingerprint density at radius 3 is 2.75 bits per heavy atom. The average molecular weight is 315 g/mol. The van der Waals surface area contributed by atoms with Gasteiger partial charge in [-0.15, -0.1) is 11.3 Å². The molecule has 0 spiro atoms. The first-order chi connectivity index (χ1) is 9.38. The molecule has 5 nitrogen and oxygen atoms in total. The number of aryl methyl sites for hydroxylation is 1. The number of aromatic carboxylic acids is 1. The van der Waals surface area contributed by atoms with E-state index in [4.69, 9.17) is 16.7 Å². The maximum absolute atomic E-state index is 13.1. The number of rotatable bonds is 3. The molecule has 0 radical (unpaired) electrons. The number of hydrogen-bond donors (Lipinski definition) is 2. The number of carbonyl (C=O) groups excluding carboxylic acids is 1. The molecule has 0 unspecified atom stereocenters. The third kappa shape index (κ3) is 2.94. The lowest BCUT2D eigenvalue weighted by molar-refractivity contribution is 0.0698. The summed E-state index contributed by atoms with van der Waals surface area (Å²) < 4.78 is 13.1. The Balaban J connectivity index is 2.32. The Morgan fingerprint density at radius 2 is 2.10 bits per heavy atom. The lowest BCUT2D eigenvalue weighted by Gasteiger charge is -2.05. The zero-order valence-electron chi connectivity index (χ0n) is 10.1. The molecule has 2 rings (SSSR count). The highest BCUT2D eigenvalue weighted by molar-refractivity contribution is 7.16. The summed E-state index contributed by atoms with van der Waals surface area (Å²) in [4.78, 5) is 27.3. The smallest absolute Gasteiger partial charge is 0.338 e. The molecule has 104 valence electrons. The SMILES string of the molecule is Cc1cc(C(=O)O)c(NC(=O)c2cc(F)cnc2Cl)s1. The third-order valence-electron chi connectivity index (χ3n) is 2.36. The first-order valence-corrected chi connectivity index (χ1v) is 6.54. The molecule has 0 aromatic carbocycles. The predicted molar refractivity (Wildman–Crippen MR) is 73.2 cm³/mol. The summed E-state index contributed by atoms with van der Waals surface area (Å²) in [5.74, 6) is -2.58. The van der Waals surface area contributed by atoms with Crippen LogP contribution in [0, 0.1) is 12.7 Å². The van der Waals surface area contributed by atoms with Gasteiger partial charge in [0.15, 0.2) is 0 Å². The van der Waals surface area contributed by atoms with E-state index in [9.17, 15) is 14.0 Å². The molecule has 2 aromatic heterocycles. The number of carboxylic acid groups (broad SMARTS) is 1. The van der Waals surface area contributed by atoms with Crippen molar-refractivity contribution in [2.24, 2.45) is 0 Å². The quantitative estimate of drug-likeness (QED) is 0.853. The van der Waals surface area contributed by atoms with Crippen molar-refractivity contribution in [3.63, 3.8) is 0 Å². The van der Waals surface area contributed by atoms with Gasteiger partial charge < -0.3 is 10.4 Å². The van der Waals surface area contributed by atoms with Crippen LogP contribution in [0.15, 0.2) is 18.3 Å². The predicted octanol–water partition coefficient (Wildman–Crippen LogP) is 3.19. The Kier molecular flexibility index (Phi) is 4.01. The second-order valence-electron chi connectivity index (χ2n) is 3.85. The minimum absolute atomic E-state index is 0.0265. The van der Waals surface area contributed by atoms with Crippen LogP contribution in [-0.2, 0) is 0 Å². The summed E-state index contributed by atoms with van der Waals surface area (Å²) in [7, 11) is 0. The van der Waals surface area contributed by atoms with Gasteiger partial charge in [-0.05, 0) is 19.1 Å². The molecule has 0 aliphatic rings. The fraction of sp³-hybridized carbons (Fsp3) is 0.0833. The molecule has 0 aliphatic carbocycles. The van der Waals surface area contributed by atoms with Crippen LogP contribution in [0.2, 0.25) is 5.15 Å². The summed E-state index contributed by atoms with van der Waals surface area (Å²) in [5, 5.41) is 11.4. The van der Waals surface area contributed by atoms with Gasteiger partial charge in [0.2, 0.25) is 0 Å². The number of carbonyl (C=O) groups is 2. The van der Waals surface area contributed by atoms with Crippen molar-refractivity contribution in [1.29, 1.82) is 0 Å². The van der Waals surface area contributed by atoms with Crippen LogP contribution in [0.1, 0.15) is 25.6 Å². The van der Waals surface area contributed by atoms with Crippen LogP contribution in [0.4, 0.5) is 9.39 Å². The number of anilines is 1. The number of nitrogens with one attached hydrogen (secondary N) is 1. The lowest BCUT2D eigenvalue weighted by atomic mass is 10.2. The van der Waals surface area contributed by atoms with E-state index >= 15 is 0 Å². The fourth-order valence-corrected chi connectivity index (χ4v) is 2.61. The van der Waals surface area contributed by atoms with Gasteiger partial charge in [0, 0.05) is 4.88 Å². The molecule has 2 N–H and O–H groups in total. The minimum atomic E-state index is -1.16. The molecule has 1 amide bonds. The largest absolute Gasteiger partial charge is 0.478 e. The highest BCUT2D eigenvalue weighted by Gasteiger charge is 2.19. The van der Waals surface area contributed by atoms with E-state index in [1.165, 1.54) is 6.07 Å². The summed E-state index contributed by atoms with van der Waals surface area (Å²) in [6.07, 6.45) is 0.886. The van der Waals surface area contributed by atoms with Gasteiger partial charge in [0.05, 0.1) is 17.3 Å². The monoisotopic (exact) mass is 314 g/mol. The Bertz CT molecular complexity index is 702. The lowest BCUT2D eigenvalue weighted by Crippen LogP contribution is -2.14. The normalized spacial score (nSPS) is 10.3. The molecule has 20 heavy (non-hydrogen) atoms. The Morgan fingerprint density at radius 1 is 1.40 bits per heavy atom. The van der Waals surface area contributed by atoms with Crippen LogP contribution in [-0.4, -0.2) is 22.0 Å². The van der Waals surface area contributed by atoms with Gasteiger partial charge in [-0.25, -0.2) is 14.2 Å². The van der Waals surface area contributed by atoms with Crippen molar-refractivity contribution in [3.8, 4) is 0 Å². The second-order valence-corrected chi connectivity index (χ2v) is 5.47. The average Bonchev–Trinajstić information content (AvgIpc) is 2.73. The van der Waals surface area contributed by atoms with E-state index in [1.807, 2.05) is 0 Å². The van der Waals surface area contributed by atoms with Crippen LogP contribution in [0.5, 0.6) is 0 Å². The molecular weight excluding hydrogens is 307 g/mol. The fourth-order valence-electron chi connectivity index (χ4n) is 1.52. The maximum Gasteiger partial charge on any atom is 0.338 e. The number of thiophene rings is 1. The highest BCUT2D eigenvalue weighted by Crippen LogP contribution is 2.28. The van der Waals surface area contributed by atoms with Crippen molar-refractivity contribution >= 4 is 39.8 Å². The van der Waals surface area contributed by atoms with Gasteiger partial charge in [-0.3, -0.25) is 4.79 Å². The number of nitrogens with zero attached hydrogens (tertiary/aromatic N) is 1. The molecule has 8 heteroatoms. The third-order valence-corrected chi connectivity index (χ3v) is 3.63. The van der Waals surface area contributed by atoms with E-state index in [0.29, 0.717) is 0 Å². The molecular formula is C12H8ClFN2O3S. The van der Waals surface area contributed by atoms with E-state index < -0.39 is 17.7 Å². The van der Waals surface area contributed by atoms with Crippen molar-refractivity contribution < 1.29 is 19.1 Å². The summed E-state index contributed by atoms with van der Waals surface area (Å²) in [6.45, 7) is 1.71. The van der Waals surface area contributed by atoms with E-state index in [0.717, 1.165) is 28.5 Å². The Labute approximate surface area is 122 Å². The molecule has 2 heterocycles. The molecule has 0 saturated heterocycles. The van der Waals surface area contributed by atoms with Gasteiger partial charge in [0.25, 0.3) is 5.91 Å². The van der Waals surface area contributed by atoms with Gasteiger partial charge in [-0.1, -0.05) is 11.6 Å². The first-order valence-electron chi connectivity index (χ1n) is 5.34. The van der Waals surface area contributed by atoms with Crippen LogP contribution >= 0.6 is 22.9 Å². The molecule has 0 aliphatic heterocycles. The van der Waals surface area contributed by atoms with Crippen molar-refractivity contribution in [2.75, 3.05) is 5.32 Å². The minimum Gasteiger partial charge on any atom is -0.478 e. The second kappa shape index (κ2) is 5.56. The van der Waals surface area contributed by atoms with Crippen molar-refractivity contribution in [1.82, 2.24) is 4.98 Å². The number of halogens is 2. The maximum atomic E-state index is 13.1. The van der Waals surface area contributed by atoms with Crippen molar-refractivity contribution in [2.45, 2.75) is 6.92 Å². The van der Waals surface area contributed by atoms with E-state index in [1.54, 1.807) is 6.92 Å². The molecule has 0 bridgehead atoms. The zero-order valence-corrected chi connectivity index (χ0v) is 11.7. The van der Waals surface area contributed by atoms with Crippen LogP contribution in [0.25, 0.3) is 0 Å². The Hall–Kier alpha value is -1.99. The summed E-state index contributed by atoms with van der Waals surface area (Å²) in [6, 6.07) is 2.37. The topological polar surface area (TPSA) is 79.3 Å². The number of hydrogen-bond acceptors (Lipinski definition) is 4. The molecule has 0 saturated carbocycles. The first kappa shape index (κ1) is 14.4. The van der Waals surface area contributed by atoms with Crippen LogP contribution < -0.4 is 5.32 Å². The van der Waals surface area contributed by atoms with Crippen molar-refractivity contribution in [3.05, 3.63) is 45.3 Å². The molecule has 2 aromatic rings. The highest BCUT2D eigenvalue weighted by atomic mass is 35.5. The zero-order chi connectivity index (χ0) is 14.9. The van der Waals surface area contributed by atoms with Crippen LogP contribution in [0.3, 0.4) is 0 Å².